The number of hydrogen-bond donors (Lipinski definition) is 2. The van der Waals surface area contributed by atoms with Gasteiger partial charge in [-0.2, -0.15) is 0 Å². The van der Waals surface area contributed by atoms with Gasteiger partial charge in [0.25, 0.3) is 0 Å². The highest BCUT2D eigenvalue weighted by Gasteiger charge is 2.07. The lowest BCUT2D eigenvalue weighted by molar-refractivity contribution is -0.116. The molecule has 0 aliphatic heterocycles. The van der Waals surface area contributed by atoms with Crippen molar-refractivity contribution in [2.45, 2.75) is 33.1 Å². The molecule has 2 aromatic rings. The number of anilines is 1. The van der Waals surface area contributed by atoms with Crippen LogP contribution in [0.2, 0.25) is 0 Å². The molecule has 5 heteroatoms. The lowest BCUT2D eigenvalue weighted by Crippen LogP contribution is -2.14. The van der Waals surface area contributed by atoms with Crippen LogP contribution in [0.15, 0.2) is 30.3 Å². The number of hydrogen-bond acceptors (Lipinski definition) is 3. The van der Waals surface area contributed by atoms with E-state index in [0.717, 1.165) is 12.8 Å². The number of primary amides is 1. The third kappa shape index (κ3) is 4.43. The Labute approximate surface area is 134 Å². The van der Waals surface area contributed by atoms with Crippen molar-refractivity contribution in [2.75, 3.05) is 5.32 Å². The molecule has 0 aliphatic rings. The zero-order valence-electron chi connectivity index (χ0n) is 12.8. The van der Waals surface area contributed by atoms with Crippen molar-refractivity contribution in [1.82, 2.24) is 0 Å². The summed E-state index contributed by atoms with van der Waals surface area (Å²) in [6, 6.07) is 8.85. The summed E-state index contributed by atoms with van der Waals surface area (Å²) in [6.45, 7) is 4.21. The fourth-order valence-electron chi connectivity index (χ4n) is 2.34. The largest absolute Gasteiger partial charge is 0.366 e. The fraction of sp³-hybridized carbons (Fsp3) is 0.294. The van der Waals surface area contributed by atoms with Crippen LogP contribution < -0.4 is 11.1 Å². The molecule has 0 spiro atoms. The van der Waals surface area contributed by atoms with E-state index in [-0.39, 0.29) is 5.91 Å². The average Bonchev–Trinajstić information content (AvgIpc) is 2.77. The van der Waals surface area contributed by atoms with E-state index < -0.39 is 5.91 Å². The molecule has 0 bridgehead atoms. The predicted octanol–water partition coefficient (Wildman–Crippen LogP) is 3.43. The van der Waals surface area contributed by atoms with Crippen LogP contribution in [0.3, 0.4) is 0 Å². The van der Waals surface area contributed by atoms with E-state index in [1.165, 1.54) is 15.3 Å². The summed E-state index contributed by atoms with van der Waals surface area (Å²) in [5.74, 6) is -0.550. The van der Waals surface area contributed by atoms with Gasteiger partial charge >= 0.3 is 0 Å². The second-order valence-corrected chi connectivity index (χ2v) is 6.75. The Morgan fingerprint density at radius 3 is 2.64 bits per heavy atom. The maximum absolute atomic E-state index is 11.9. The fourth-order valence-corrected chi connectivity index (χ4v) is 3.32. The van der Waals surface area contributed by atoms with Crippen LogP contribution in [0.25, 0.3) is 0 Å². The van der Waals surface area contributed by atoms with Crippen molar-refractivity contribution in [2.24, 2.45) is 5.73 Å². The van der Waals surface area contributed by atoms with Gasteiger partial charge in [0, 0.05) is 27.4 Å². The Balaban J connectivity index is 1.84. The lowest BCUT2D eigenvalue weighted by atomic mass is 10.1. The number of rotatable bonds is 6. The van der Waals surface area contributed by atoms with Gasteiger partial charge in [0.15, 0.2) is 0 Å². The van der Waals surface area contributed by atoms with Gasteiger partial charge in [0.2, 0.25) is 11.8 Å². The molecule has 0 radical (unpaired) electrons. The molecule has 0 atom stereocenters. The third-order valence-corrected chi connectivity index (χ3v) is 4.43. The Morgan fingerprint density at radius 2 is 2.00 bits per heavy atom. The zero-order chi connectivity index (χ0) is 16.1. The van der Waals surface area contributed by atoms with E-state index in [4.69, 9.17) is 5.73 Å². The first-order chi connectivity index (χ1) is 10.5. The van der Waals surface area contributed by atoms with Crippen molar-refractivity contribution in [1.29, 1.82) is 0 Å². The number of amides is 2. The smallest absolute Gasteiger partial charge is 0.248 e. The highest BCUT2D eigenvalue weighted by atomic mass is 32.1. The van der Waals surface area contributed by atoms with Crippen molar-refractivity contribution >= 4 is 28.8 Å². The molecular weight excluding hydrogens is 296 g/mol. The minimum Gasteiger partial charge on any atom is -0.366 e. The molecule has 22 heavy (non-hydrogen) atoms. The summed E-state index contributed by atoms with van der Waals surface area (Å²) in [7, 11) is 0. The number of benzene rings is 1. The van der Waals surface area contributed by atoms with Crippen LogP contribution in [0.4, 0.5) is 5.69 Å². The Kier molecular flexibility index (Phi) is 5.33. The van der Waals surface area contributed by atoms with E-state index in [2.05, 4.69) is 25.2 Å². The standard InChI is InChI=1S/C17H20N2O2S/c1-11-9-13(12(2)22-11)5-4-8-16(20)19-15-7-3-6-14(10-15)17(18)21/h3,6-7,9-10H,4-5,8H2,1-2H3,(H2,18,21)(H,19,20). The van der Waals surface area contributed by atoms with E-state index >= 15 is 0 Å². The number of aryl methyl sites for hydroxylation is 3. The second-order valence-electron chi connectivity index (χ2n) is 5.29. The summed E-state index contributed by atoms with van der Waals surface area (Å²) in [4.78, 5) is 25.7. The highest BCUT2D eigenvalue weighted by molar-refractivity contribution is 7.12. The number of carbonyl (C=O) groups is 2. The number of carbonyl (C=O) groups excluding carboxylic acids is 2. The van der Waals surface area contributed by atoms with Crippen molar-refractivity contribution < 1.29 is 9.59 Å². The summed E-state index contributed by atoms with van der Waals surface area (Å²) in [5, 5.41) is 2.80. The highest BCUT2D eigenvalue weighted by Crippen LogP contribution is 2.22. The van der Waals surface area contributed by atoms with Crippen LogP contribution in [0, 0.1) is 13.8 Å². The van der Waals surface area contributed by atoms with Crippen LogP contribution in [0.5, 0.6) is 0 Å². The van der Waals surface area contributed by atoms with E-state index in [1.807, 2.05) is 0 Å². The van der Waals surface area contributed by atoms with Crippen LogP contribution in [-0.2, 0) is 11.2 Å². The molecule has 1 heterocycles. The third-order valence-electron chi connectivity index (χ3n) is 3.42. The summed E-state index contributed by atoms with van der Waals surface area (Å²) < 4.78 is 0. The molecule has 2 rings (SSSR count). The van der Waals surface area contributed by atoms with Gasteiger partial charge < -0.3 is 11.1 Å². The minimum atomic E-state index is -0.501. The van der Waals surface area contributed by atoms with Gasteiger partial charge in [0.1, 0.15) is 0 Å². The van der Waals surface area contributed by atoms with E-state index in [9.17, 15) is 9.59 Å². The molecule has 0 unspecified atom stereocenters. The molecule has 0 aliphatic carbocycles. The quantitative estimate of drug-likeness (QED) is 0.857. The van der Waals surface area contributed by atoms with Gasteiger partial charge in [-0.05, 0) is 56.5 Å². The molecular formula is C17H20N2O2S. The maximum Gasteiger partial charge on any atom is 0.248 e. The number of nitrogens with one attached hydrogen (secondary N) is 1. The lowest BCUT2D eigenvalue weighted by Gasteiger charge is -2.06. The topological polar surface area (TPSA) is 72.2 Å². The van der Waals surface area contributed by atoms with Gasteiger partial charge in [-0.3, -0.25) is 9.59 Å². The summed E-state index contributed by atoms with van der Waals surface area (Å²) >= 11 is 1.79. The van der Waals surface area contributed by atoms with E-state index in [0.29, 0.717) is 17.7 Å². The molecule has 4 nitrogen and oxygen atoms in total. The first kappa shape index (κ1) is 16.2. The van der Waals surface area contributed by atoms with Gasteiger partial charge in [-0.1, -0.05) is 6.07 Å². The SMILES string of the molecule is Cc1cc(CCCC(=O)Nc2cccc(C(N)=O)c2)c(C)s1. The van der Waals surface area contributed by atoms with E-state index in [1.54, 1.807) is 35.6 Å². The van der Waals surface area contributed by atoms with Crippen molar-refractivity contribution in [3.05, 3.63) is 51.2 Å². The zero-order valence-corrected chi connectivity index (χ0v) is 13.6. The predicted molar refractivity (Wildman–Crippen MR) is 90.3 cm³/mol. The van der Waals surface area contributed by atoms with Crippen LogP contribution in [-0.4, -0.2) is 11.8 Å². The number of thiophene rings is 1. The Hall–Kier alpha value is -2.14. The maximum atomic E-state index is 11.9. The second kappa shape index (κ2) is 7.22. The van der Waals surface area contributed by atoms with Gasteiger partial charge in [-0.25, -0.2) is 0 Å². The molecule has 0 saturated carbocycles. The monoisotopic (exact) mass is 316 g/mol. The molecule has 3 N–H and O–H groups in total. The number of nitrogens with two attached hydrogens (primary N) is 1. The van der Waals surface area contributed by atoms with Gasteiger partial charge in [0.05, 0.1) is 0 Å². The Morgan fingerprint density at radius 1 is 1.23 bits per heavy atom. The summed E-state index contributed by atoms with van der Waals surface area (Å²) in [5.41, 5.74) is 7.54. The van der Waals surface area contributed by atoms with Crippen LogP contribution >= 0.6 is 11.3 Å². The van der Waals surface area contributed by atoms with Gasteiger partial charge in [-0.15, -0.1) is 11.3 Å². The summed E-state index contributed by atoms with van der Waals surface area (Å²) in [6.07, 6.45) is 2.17. The first-order valence-electron chi connectivity index (χ1n) is 7.21. The molecule has 0 saturated heterocycles. The van der Waals surface area contributed by atoms with Crippen LogP contribution in [0.1, 0.15) is 38.5 Å². The molecule has 2 amide bonds. The normalized spacial score (nSPS) is 10.5. The minimum absolute atomic E-state index is 0.0498. The Bertz CT molecular complexity index is 692. The van der Waals surface area contributed by atoms with Crippen molar-refractivity contribution in [3.63, 3.8) is 0 Å². The first-order valence-corrected chi connectivity index (χ1v) is 8.03. The van der Waals surface area contributed by atoms with Crippen molar-refractivity contribution in [3.8, 4) is 0 Å². The molecule has 0 fully saturated rings. The molecule has 1 aromatic carbocycles. The molecule has 1 aromatic heterocycles. The molecule has 116 valence electrons. The average molecular weight is 316 g/mol.